The number of rotatable bonds is 4. The fourth-order valence-corrected chi connectivity index (χ4v) is 2.68. The predicted molar refractivity (Wildman–Crippen MR) is 86.8 cm³/mol. The van der Waals surface area contributed by atoms with Crippen LogP contribution in [0, 0.1) is 5.92 Å². The zero-order chi connectivity index (χ0) is 15.5. The van der Waals surface area contributed by atoms with E-state index in [2.05, 4.69) is 46.5 Å². The van der Waals surface area contributed by atoms with Gasteiger partial charge in [-0.15, -0.1) is 6.58 Å². The fourth-order valence-electron chi connectivity index (χ4n) is 2.68. The minimum absolute atomic E-state index is 0.261. The van der Waals surface area contributed by atoms with E-state index in [1.54, 1.807) is 0 Å². The van der Waals surface area contributed by atoms with Crippen LogP contribution in [0.3, 0.4) is 0 Å². The molecule has 5 heteroatoms. The molecule has 0 saturated carbocycles. The summed E-state index contributed by atoms with van der Waals surface area (Å²) in [5, 5.41) is 4.02. The molecule has 1 fully saturated rings. The van der Waals surface area contributed by atoms with E-state index >= 15 is 0 Å². The molecular formula is C17H22N4O. The molecule has 0 aromatic carbocycles. The lowest BCUT2D eigenvalue weighted by atomic mass is 9.97. The molecule has 0 bridgehead atoms. The molecule has 2 aromatic rings. The van der Waals surface area contributed by atoms with E-state index < -0.39 is 0 Å². The van der Waals surface area contributed by atoms with Gasteiger partial charge >= 0.3 is 0 Å². The summed E-state index contributed by atoms with van der Waals surface area (Å²) in [6.45, 7) is 10.0. The largest absolute Gasteiger partial charge is 0.357 e. The van der Waals surface area contributed by atoms with Gasteiger partial charge in [-0.05, 0) is 30.9 Å². The Morgan fingerprint density at radius 3 is 2.77 bits per heavy atom. The molecule has 0 radical (unpaired) electrons. The van der Waals surface area contributed by atoms with Gasteiger partial charge in [-0.25, -0.2) is 4.98 Å². The average Bonchev–Trinajstić information content (AvgIpc) is 3.05. The van der Waals surface area contributed by atoms with Gasteiger partial charge in [-0.1, -0.05) is 25.1 Å². The number of allylic oxidation sites excluding steroid dienone is 1. The number of nitrogens with zero attached hydrogens (tertiary/aromatic N) is 4. The normalized spacial score (nSPS) is 16.2. The van der Waals surface area contributed by atoms with E-state index in [0.29, 0.717) is 11.8 Å². The third-order valence-electron chi connectivity index (χ3n) is 4.15. The summed E-state index contributed by atoms with van der Waals surface area (Å²) in [6, 6.07) is 3.95. The number of anilines is 1. The maximum Gasteiger partial charge on any atom is 0.258 e. The molecule has 0 atom stereocenters. The molecule has 116 valence electrons. The molecule has 1 saturated heterocycles. The zero-order valence-electron chi connectivity index (χ0n) is 13.2. The van der Waals surface area contributed by atoms with Crippen molar-refractivity contribution >= 4 is 5.82 Å². The second kappa shape index (κ2) is 6.30. The van der Waals surface area contributed by atoms with Gasteiger partial charge in [0.1, 0.15) is 5.82 Å². The van der Waals surface area contributed by atoms with Crippen molar-refractivity contribution in [1.82, 2.24) is 15.1 Å². The highest BCUT2D eigenvalue weighted by atomic mass is 16.5. The highest BCUT2D eigenvalue weighted by molar-refractivity contribution is 5.58. The summed E-state index contributed by atoms with van der Waals surface area (Å²) in [6.07, 6.45) is 6.14. The molecule has 0 N–H and O–H groups in total. The minimum Gasteiger partial charge on any atom is -0.357 e. The van der Waals surface area contributed by atoms with Crippen molar-refractivity contribution in [3.8, 4) is 11.5 Å². The van der Waals surface area contributed by atoms with Crippen LogP contribution in [0.2, 0.25) is 0 Å². The van der Waals surface area contributed by atoms with E-state index in [1.165, 1.54) is 0 Å². The van der Waals surface area contributed by atoms with Gasteiger partial charge in [-0.3, -0.25) is 0 Å². The monoisotopic (exact) mass is 298 g/mol. The summed E-state index contributed by atoms with van der Waals surface area (Å²) in [4.78, 5) is 11.3. The van der Waals surface area contributed by atoms with Crippen LogP contribution in [0.5, 0.6) is 0 Å². The molecule has 0 unspecified atom stereocenters. The summed E-state index contributed by atoms with van der Waals surface area (Å²) in [5.74, 6) is 3.17. The van der Waals surface area contributed by atoms with Crippen LogP contribution in [-0.2, 0) is 0 Å². The smallest absolute Gasteiger partial charge is 0.258 e. The Labute approximate surface area is 131 Å². The molecule has 0 amide bonds. The molecule has 2 aromatic heterocycles. The first-order valence-electron chi connectivity index (χ1n) is 7.85. The van der Waals surface area contributed by atoms with Crippen molar-refractivity contribution in [2.45, 2.75) is 32.6 Å². The van der Waals surface area contributed by atoms with E-state index in [9.17, 15) is 0 Å². The van der Waals surface area contributed by atoms with Crippen LogP contribution in [0.1, 0.15) is 38.4 Å². The van der Waals surface area contributed by atoms with Crippen molar-refractivity contribution < 1.29 is 4.52 Å². The van der Waals surface area contributed by atoms with Crippen LogP contribution >= 0.6 is 0 Å². The Bertz CT molecular complexity index is 642. The van der Waals surface area contributed by atoms with Crippen molar-refractivity contribution in [2.24, 2.45) is 5.92 Å². The molecule has 3 heterocycles. The summed E-state index contributed by atoms with van der Waals surface area (Å²) >= 11 is 0. The number of hydrogen-bond acceptors (Lipinski definition) is 5. The Morgan fingerprint density at radius 1 is 1.36 bits per heavy atom. The van der Waals surface area contributed by atoms with Crippen LogP contribution in [0.15, 0.2) is 35.5 Å². The van der Waals surface area contributed by atoms with Gasteiger partial charge in [0.05, 0.1) is 0 Å². The Kier molecular flexibility index (Phi) is 4.22. The quantitative estimate of drug-likeness (QED) is 0.806. The maximum atomic E-state index is 5.37. The first kappa shape index (κ1) is 14.8. The molecule has 0 spiro atoms. The van der Waals surface area contributed by atoms with Gasteiger partial charge in [0.2, 0.25) is 0 Å². The molecule has 22 heavy (non-hydrogen) atoms. The number of piperidine rings is 1. The second-order valence-corrected chi connectivity index (χ2v) is 6.08. The molecule has 0 aliphatic carbocycles. The summed E-state index contributed by atoms with van der Waals surface area (Å²) < 4.78 is 5.37. The number of pyridine rings is 1. The lowest BCUT2D eigenvalue weighted by Gasteiger charge is -2.31. The Morgan fingerprint density at radius 2 is 2.14 bits per heavy atom. The summed E-state index contributed by atoms with van der Waals surface area (Å²) in [5.41, 5.74) is 0.926. The first-order chi connectivity index (χ1) is 10.7. The lowest BCUT2D eigenvalue weighted by molar-refractivity contribution is 0.419. The standard InChI is InChI=1S/C17H22N4O/c1-4-13-6-9-21(10-7-13)15-11-14(5-8-18-15)17-19-16(12(2)3)20-22-17/h4-5,8,11-13H,1,6-7,9-10H2,2-3H3. The SMILES string of the molecule is C=CC1CCN(c2cc(-c3nc(C(C)C)no3)ccn2)CC1. The summed E-state index contributed by atoms with van der Waals surface area (Å²) in [7, 11) is 0. The van der Waals surface area contributed by atoms with Gasteiger partial charge < -0.3 is 9.42 Å². The van der Waals surface area contributed by atoms with Crippen molar-refractivity contribution in [1.29, 1.82) is 0 Å². The highest BCUT2D eigenvalue weighted by Gasteiger charge is 2.19. The third kappa shape index (κ3) is 3.03. The fraction of sp³-hybridized carbons (Fsp3) is 0.471. The number of aromatic nitrogens is 3. The van der Waals surface area contributed by atoms with E-state index in [0.717, 1.165) is 43.1 Å². The first-order valence-corrected chi connectivity index (χ1v) is 7.85. The number of hydrogen-bond donors (Lipinski definition) is 0. The van der Waals surface area contributed by atoms with Crippen LogP contribution in [0.25, 0.3) is 11.5 Å². The van der Waals surface area contributed by atoms with Crippen molar-refractivity contribution in [3.05, 3.63) is 36.8 Å². The average molecular weight is 298 g/mol. The minimum atomic E-state index is 0.261. The van der Waals surface area contributed by atoms with Gasteiger partial charge in [0, 0.05) is 30.8 Å². The Hall–Kier alpha value is -2.17. The molecule has 1 aliphatic heterocycles. The van der Waals surface area contributed by atoms with Crippen LogP contribution in [-0.4, -0.2) is 28.2 Å². The molecule has 1 aliphatic rings. The van der Waals surface area contributed by atoms with Crippen molar-refractivity contribution in [2.75, 3.05) is 18.0 Å². The van der Waals surface area contributed by atoms with E-state index in [1.807, 2.05) is 18.3 Å². The zero-order valence-corrected chi connectivity index (χ0v) is 13.2. The maximum absolute atomic E-state index is 5.37. The van der Waals surface area contributed by atoms with Crippen molar-refractivity contribution in [3.63, 3.8) is 0 Å². The third-order valence-corrected chi connectivity index (χ3v) is 4.15. The molecule has 5 nitrogen and oxygen atoms in total. The van der Waals surface area contributed by atoms with E-state index in [-0.39, 0.29) is 5.92 Å². The molecular weight excluding hydrogens is 276 g/mol. The van der Waals surface area contributed by atoms with Gasteiger partial charge in [0.15, 0.2) is 5.82 Å². The highest BCUT2D eigenvalue weighted by Crippen LogP contribution is 2.26. The molecule has 3 rings (SSSR count). The Balaban J connectivity index is 1.79. The lowest BCUT2D eigenvalue weighted by Crippen LogP contribution is -2.33. The second-order valence-electron chi connectivity index (χ2n) is 6.08. The van der Waals surface area contributed by atoms with E-state index in [4.69, 9.17) is 4.52 Å². The predicted octanol–water partition coefficient (Wildman–Crippen LogP) is 3.66. The van der Waals surface area contributed by atoms with Crippen LogP contribution in [0.4, 0.5) is 5.82 Å². The van der Waals surface area contributed by atoms with Gasteiger partial charge in [0.25, 0.3) is 5.89 Å². The van der Waals surface area contributed by atoms with Crippen LogP contribution < -0.4 is 4.90 Å². The van der Waals surface area contributed by atoms with Gasteiger partial charge in [-0.2, -0.15) is 4.98 Å². The topological polar surface area (TPSA) is 55.1 Å².